The molecule has 2 nitrogen and oxygen atoms in total. The summed E-state index contributed by atoms with van der Waals surface area (Å²) in [6.07, 6.45) is -1.29. The van der Waals surface area contributed by atoms with Crippen LogP contribution in [0, 0.1) is 12.7 Å². The molecule has 0 amide bonds. The Kier molecular flexibility index (Phi) is 3.02. The normalized spacial score (nSPS) is 11.5. The molecule has 82 valence electrons. The van der Waals surface area contributed by atoms with Crippen LogP contribution >= 0.6 is 0 Å². The first kappa shape index (κ1) is 11.6. The molecule has 0 saturated carbocycles. The Hall–Kier alpha value is -1.52. The van der Waals surface area contributed by atoms with Crippen molar-refractivity contribution < 1.29 is 23.1 Å². The lowest BCUT2D eigenvalue weighted by atomic mass is 10.0. The molecule has 0 fully saturated rings. The minimum Gasteiger partial charge on any atom is -0.481 e. The molecular formula is C10H9F3O2. The Morgan fingerprint density at radius 3 is 2.53 bits per heavy atom. The summed E-state index contributed by atoms with van der Waals surface area (Å²) in [5.74, 6) is -5.66. The molecule has 0 bridgehead atoms. The second-order valence-electron chi connectivity index (χ2n) is 3.24. The molecule has 1 rings (SSSR count). The molecule has 15 heavy (non-hydrogen) atoms. The molecular weight excluding hydrogens is 209 g/mol. The number of aliphatic carboxylic acids is 1. The van der Waals surface area contributed by atoms with Gasteiger partial charge in [0.1, 0.15) is 12.2 Å². The Morgan fingerprint density at radius 2 is 2.07 bits per heavy atom. The molecule has 0 aliphatic rings. The maximum Gasteiger partial charge on any atom is 0.309 e. The summed E-state index contributed by atoms with van der Waals surface area (Å²) in [5, 5.41) is 8.28. The van der Waals surface area contributed by atoms with Crippen LogP contribution < -0.4 is 0 Å². The Balaban J connectivity index is 3.04. The van der Waals surface area contributed by atoms with Crippen LogP contribution in [0.25, 0.3) is 0 Å². The number of hydrogen-bond donors (Lipinski definition) is 1. The van der Waals surface area contributed by atoms with E-state index < -0.39 is 29.7 Å². The van der Waals surface area contributed by atoms with E-state index in [-0.39, 0.29) is 5.56 Å². The smallest absolute Gasteiger partial charge is 0.309 e. The highest BCUT2D eigenvalue weighted by atomic mass is 19.3. The molecule has 1 N–H and O–H groups in total. The third-order valence-corrected chi connectivity index (χ3v) is 1.95. The van der Waals surface area contributed by atoms with Crippen LogP contribution in [-0.2, 0) is 10.7 Å². The molecule has 1 aromatic rings. The maximum absolute atomic E-state index is 13.2. The number of hydrogen-bond acceptors (Lipinski definition) is 1. The SMILES string of the molecule is Cc1cc(C(F)(F)CC(=O)O)ccc1F. The number of carbonyl (C=O) groups is 1. The Morgan fingerprint density at radius 1 is 1.47 bits per heavy atom. The number of benzene rings is 1. The number of carboxylic acids is 1. The summed E-state index contributed by atoms with van der Waals surface area (Å²) in [6, 6.07) is 2.75. The van der Waals surface area contributed by atoms with Crippen molar-refractivity contribution in [2.24, 2.45) is 0 Å². The third kappa shape index (κ3) is 2.71. The van der Waals surface area contributed by atoms with Gasteiger partial charge in [-0.15, -0.1) is 0 Å². The van der Waals surface area contributed by atoms with E-state index >= 15 is 0 Å². The average molecular weight is 218 g/mol. The molecule has 0 aliphatic heterocycles. The lowest BCUT2D eigenvalue weighted by molar-refractivity contribution is -0.145. The molecule has 0 atom stereocenters. The van der Waals surface area contributed by atoms with E-state index in [1.54, 1.807) is 0 Å². The fourth-order valence-corrected chi connectivity index (χ4v) is 1.16. The van der Waals surface area contributed by atoms with Crippen molar-refractivity contribution in [1.82, 2.24) is 0 Å². The van der Waals surface area contributed by atoms with Gasteiger partial charge in [-0.25, -0.2) is 13.2 Å². The van der Waals surface area contributed by atoms with Crippen LogP contribution in [0.3, 0.4) is 0 Å². The van der Waals surface area contributed by atoms with Gasteiger partial charge in [-0.05, 0) is 24.6 Å². The van der Waals surface area contributed by atoms with E-state index in [4.69, 9.17) is 5.11 Å². The van der Waals surface area contributed by atoms with Gasteiger partial charge in [0, 0.05) is 5.56 Å². The van der Waals surface area contributed by atoms with Gasteiger partial charge in [-0.3, -0.25) is 4.79 Å². The van der Waals surface area contributed by atoms with Crippen molar-refractivity contribution in [3.05, 3.63) is 35.1 Å². The molecule has 0 aliphatic carbocycles. The molecule has 0 radical (unpaired) electrons. The van der Waals surface area contributed by atoms with Gasteiger partial charge in [-0.2, -0.15) is 0 Å². The standard InChI is InChI=1S/C10H9F3O2/c1-6-4-7(2-3-8(6)11)10(12,13)5-9(14)15/h2-4H,5H2,1H3,(H,14,15). The maximum atomic E-state index is 13.2. The zero-order valence-corrected chi connectivity index (χ0v) is 7.93. The molecule has 0 aromatic heterocycles. The van der Waals surface area contributed by atoms with Gasteiger partial charge >= 0.3 is 5.97 Å². The van der Waals surface area contributed by atoms with Crippen LogP contribution in [0.2, 0.25) is 0 Å². The fourth-order valence-electron chi connectivity index (χ4n) is 1.16. The first-order chi connectivity index (χ1) is 6.83. The summed E-state index contributed by atoms with van der Waals surface area (Å²) in [7, 11) is 0. The fraction of sp³-hybridized carbons (Fsp3) is 0.300. The molecule has 0 saturated heterocycles. The topological polar surface area (TPSA) is 37.3 Å². The molecule has 5 heteroatoms. The van der Waals surface area contributed by atoms with Gasteiger partial charge in [0.15, 0.2) is 0 Å². The summed E-state index contributed by atoms with van der Waals surface area (Å²) < 4.78 is 39.2. The summed E-state index contributed by atoms with van der Waals surface area (Å²) in [5.41, 5.74) is -0.415. The second-order valence-corrected chi connectivity index (χ2v) is 3.24. The van der Waals surface area contributed by atoms with E-state index in [2.05, 4.69) is 0 Å². The van der Waals surface area contributed by atoms with Crippen molar-refractivity contribution >= 4 is 5.97 Å². The lowest BCUT2D eigenvalue weighted by Crippen LogP contribution is -2.18. The minimum absolute atomic E-state index is 0.0672. The zero-order chi connectivity index (χ0) is 11.6. The average Bonchev–Trinajstić information content (AvgIpc) is 2.07. The molecule has 1 aromatic carbocycles. The number of aryl methyl sites for hydroxylation is 1. The predicted molar refractivity (Wildman–Crippen MR) is 47.3 cm³/mol. The highest BCUT2D eigenvalue weighted by Gasteiger charge is 2.34. The molecule has 0 unspecified atom stereocenters. The summed E-state index contributed by atoms with van der Waals surface area (Å²) >= 11 is 0. The quantitative estimate of drug-likeness (QED) is 0.846. The Bertz CT molecular complexity index is 388. The van der Waals surface area contributed by atoms with Gasteiger partial charge in [-0.1, -0.05) is 6.07 Å². The van der Waals surface area contributed by atoms with Crippen LogP contribution in [0.1, 0.15) is 17.5 Å². The monoisotopic (exact) mass is 218 g/mol. The van der Waals surface area contributed by atoms with E-state index in [1.165, 1.54) is 6.92 Å². The van der Waals surface area contributed by atoms with Gasteiger partial charge in [0.2, 0.25) is 0 Å². The first-order valence-electron chi connectivity index (χ1n) is 4.19. The van der Waals surface area contributed by atoms with E-state index in [9.17, 15) is 18.0 Å². The molecule has 0 spiro atoms. The lowest BCUT2D eigenvalue weighted by Gasteiger charge is -2.14. The van der Waals surface area contributed by atoms with Gasteiger partial charge < -0.3 is 5.11 Å². The van der Waals surface area contributed by atoms with Crippen molar-refractivity contribution in [1.29, 1.82) is 0 Å². The summed E-state index contributed by atoms with van der Waals surface area (Å²) in [6.45, 7) is 1.34. The first-order valence-corrected chi connectivity index (χ1v) is 4.19. The predicted octanol–water partition coefficient (Wildman–Crippen LogP) is 2.70. The second kappa shape index (κ2) is 3.92. The Labute approximate surface area is 84.3 Å². The highest BCUT2D eigenvalue weighted by Crippen LogP contribution is 2.32. The van der Waals surface area contributed by atoms with E-state index in [1.807, 2.05) is 0 Å². The largest absolute Gasteiger partial charge is 0.481 e. The van der Waals surface area contributed by atoms with Crippen LogP contribution in [0.5, 0.6) is 0 Å². The van der Waals surface area contributed by atoms with Gasteiger partial charge in [0.05, 0.1) is 0 Å². The van der Waals surface area contributed by atoms with Crippen LogP contribution in [-0.4, -0.2) is 11.1 Å². The zero-order valence-electron chi connectivity index (χ0n) is 7.93. The van der Waals surface area contributed by atoms with Crippen LogP contribution in [0.4, 0.5) is 13.2 Å². The van der Waals surface area contributed by atoms with Crippen molar-refractivity contribution in [3.63, 3.8) is 0 Å². The van der Waals surface area contributed by atoms with E-state index in [0.717, 1.165) is 18.2 Å². The number of alkyl halides is 2. The third-order valence-electron chi connectivity index (χ3n) is 1.95. The molecule has 0 heterocycles. The number of rotatable bonds is 3. The number of halogens is 3. The minimum atomic E-state index is -3.47. The van der Waals surface area contributed by atoms with Crippen molar-refractivity contribution in [2.45, 2.75) is 19.3 Å². The van der Waals surface area contributed by atoms with Crippen LogP contribution in [0.15, 0.2) is 18.2 Å². The van der Waals surface area contributed by atoms with Gasteiger partial charge in [0.25, 0.3) is 5.92 Å². The summed E-state index contributed by atoms with van der Waals surface area (Å²) in [4.78, 5) is 10.2. The van der Waals surface area contributed by atoms with Crippen molar-refractivity contribution in [3.8, 4) is 0 Å². The van der Waals surface area contributed by atoms with Crippen molar-refractivity contribution in [2.75, 3.05) is 0 Å². The highest BCUT2D eigenvalue weighted by molar-refractivity contribution is 5.68. The van der Waals surface area contributed by atoms with E-state index in [0.29, 0.717) is 0 Å². The number of carboxylic acid groups (broad SMARTS) is 1.